The molecule has 0 aliphatic carbocycles. The van der Waals surface area contributed by atoms with E-state index < -0.39 is 30.6 Å². The van der Waals surface area contributed by atoms with Crippen LogP contribution >= 0.6 is 0 Å². The third-order valence-corrected chi connectivity index (χ3v) is 4.27. The molecule has 0 saturated carbocycles. The second-order valence-corrected chi connectivity index (χ2v) is 7.01. The van der Waals surface area contributed by atoms with E-state index >= 15 is 0 Å². The van der Waals surface area contributed by atoms with Crippen LogP contribution in [0.3, 0.4) is 0 Å². The fourth-order valence-electron chi connectivity index (χ4n) is 1.10. The molecule has 0 unspecified atom stereocenters. The molecule has 0 aliphatic heterocycles. The quantitative estimate of drug-likeness (QED) is 0.630. The maximum Gasteiger partial charge on any atom is 0.265 e. The molecule has 0 fully saturated rings. The molecular weight excluding hydrogens is 285 g/mol. The zero-order chi connectivity index (χ0) is 14.0. The normalized spacial score (nSPS) is 12.6. The second kappa shape index (κ2) is 5.31. The van der Waals surface area contributed by atoms with Crippen LogP contribution in [-0.2, 0) is 24.7 Å². The molecule has 0 amide bonds. The van der Waals surface area contributed by atoms with Gasteiger partial charge in [0.2, 0.25) is 0 Å². The van der Waals surface area contributed by atoms with Crippen molar-refractivity contribution in [1.29, 1.82) is 0 Å². The fourth-order valence-corrected chi connectivity index (χ4v) is 2.79. The van der Waals surface area contributed by atoms with Gasteiger partial charge in [0.15, 0.2) is 9.84 Å². The zero-order valence-electron chi connectivity index (χ0n) is 9.67. The van der Waals surface area contributed by atoms with Gasteiger partial charge in [0, 0.05) is 6.26 Å². The Morgan fingerprint density at radius 3 is 2.39 bits per heavy atom. The van der Waals surface area contributed by atoms with E-state index in [0.717, 1.165) is 24.5 Å². The van der Waals surface area contributed by atoms with Crippen LogP contribution in [0.1, 0.15) is 6.92 Å². The predicted molar refractivity (Wildman–Crippen MR) is 61.5 cm³/mol. The van der Waals surface area contributed by atoms with Crippen LogP contribution in [0.25, 0.3) is 0 Å². The van der Waals surface area contributed by atoms with Crippen LogP contribution < -0.4 is 4.89 Å². The molecule has 0 heterocycles. The van der Waals surface area contributed by atoms with Gasteiger partial charge >= 0.3 is 0 Å². The van der Waals surface area contributed by atoms with Crippen LogP contribution in [0.15, 0.2) is 28.0 Å². The summed E-state index contributed by atoms with van der Waals surface area (Å²) in [4.78, 5) is 5.09. The summed E-state index contributed by atoms with van der Waals surface area (Å²) in [6.45, 7) is 1.58. The molecule has 1 aromatic carbocycles. The summed E-state index contributed by atoms with van der Waals surface area (Å²) in [5, 5.41) is 0. The largest absolute Gasteiger partial charge is 0.287 e. The van der Waals surface area contributed by atoms with Crippen LogP contribution in [-0.4, -0.2) is 29.7 Å². The first-order valence-electron chi connectivity index (χ1n) is 4.81. The van der Waals surface area contributed by atoms with E-state index in [-0.39, 0.29) is 11.5 Å². The Morgan fingerprint density at radius 1 is 1.28 bits per heavy atom. The van der Waals surface area contributed by atoms with Crippen LogP contribution in [0.5, 0.6) is 0 Å². The molecule has 6 nitrogen and oxygen atoms in total. The minimum absolute atomic E-state index is 0.0482. The molecule has 0 aromatic heterocycles. The summed E-state index contributed by atoms with van der Waals surface area (Å²) < 4.78 is 59.2. The van der Waals surface area contributed by atoms with Crippen LogP contribution in [0.2, 0.25) is 0 Å². The molecular formula is C9H12FNO5S2. The SMILES string of the molecule is CCONS(=O)(=O)c1cc(S(C)(=O)=O)ccc1F. The van der Waals surface area contributed by atoms with Gasteiger partial charge in [-0.1, -0.05) is 4.89 Å². The summed E-state index contributed by atoms with van der Waals surface area (Å²) in [6, 6.07) is 2.51. The van der Waals surface area contributed by atoms with Gasteiger partial charge < -0.3 is 0 Å². The summed E-state index contributed by atoms with van der Waals surface area (Å²) >= 11 is 0. The van der Waals surface area contributed by atoms with Gasteiger partial charge in [-0.25, -0.2) is 21.2 Å². The highest BCUT2D eigenvalue weighted by Gasteiger charge is 2.21. The summed E-state index contributed by atoms with van der Waals surface area (Å²) in [7, 11) is -7.87. The minimum atomic E-state index is -4.25. The predicted octanol–water partition coefficient (Wildman–Crippen LogP) is 0.459. The van der Waals surface area contributed by atoms with Crippen molar-refractivity contribution in [1.82, 2.24) is 4.89 Å². The molecule has 9 heteroatoms. The highest BCUT2D eigenvalue weighted by Crippen LogP contribution is 2.19. The van der Waals surface area contributed by atoms with E-state index in [1.165, 1.54) is 6.92 Å². The molecule has 0 spiro atoms. The number of rotatable bonds is 5. The third-order valence-electron chi connectivity index (χ3n) is 1.93. The lowest BCUT2D eigenvalue weighted by Crippen LogP contribution is -2.25. The molecule has 0 bridgehead atoms. The number of sulfonamides is 1. The van der Waals surface area contributed by atoms with E-state index in [1.807, 2.05) is 0 Å². The Hall–Kier alpha value is -1.03. The molecule has 18 heavy (non-hydrogen) atoms. The minimum Gasteiger partial charge on any atom is -0.287 e. The molecule has 1 rings (SSSR count). The first-order valence-corrected chi connectivity index (χ1v) is 8.19. The third kappa shape index (κ3) is 3.48. The first kappa shape index (κ1) is 15.0. The van der Waals surface area contributed by atoms with Crippen LogP contribution in [0.4, 0.5) is 4.39 Å². The summed E-state index contributed by atoms with van der Waals surface area (Å²) in [5.41, 5.74) is 0. The van der Waals surface area contributed by atoms with Gasteiger partial charge in [0.05, 0.1) is 11.5 Å². The molecule has 1 N–H and O–H groups in total. The molecule has 102 valence electrons. The molecule has 0 radical (unpaired) electrons. The van der Waals surface area contributed by atoms with E-state index in [2.05, 4.69) is 4.84 Å². The lowest BCUT2D eigenvalue weighted by molar-refractivity contribution is 0.105. The van der Waals surface area contributed by atoms with Crippen molar-refractivity contribution in [2.45, 2.75) is 16.7 Å². The summed E-state index contributed by atoms with van der Waals surface area (Å²) in [5.74, 6) is -1.06. The van der Waals surface area contributed by atoms with Gasteiger partial charge in [-0.05, 0) is 25.1 Å². The molecule has 1 aromatic rings. The summed E-state index contributed by atoms with van der Waals surface area (Å²) in [6.07, 6.45) is 0.895. The van der Waals surface area contributed by atoms with Crippen molar-refractivity contribution in [3.63, 3.8) is 0 Å². The first-order chi connectivity index (χ1) is 8.18. The van der Waals surface area contributed by atoms with Gasteiger partial charge in [-0.15, -0.1) is 0 Å². The molecule has 0 aliphatic rings. The molecule has 0 saturated heterocycles. The van der Waals surface area contributed by atoms with Crippen molar-refractivity contribution in [3.05, 3.63) is 24.0 Å². The average Bonchev–Trinajstić information content (AvgIpc) is 2.25. The van der Waals surface area contributed by atoms with Gasteiger partial charge in [0.1, 0.15) is 10.7 Å². The fraction of sp³-hybridized carbons (Fsp3) is 0.333. The Morgan fingerprint density at radius 2 is 1.89 bits per heavy atom. The highest BCUT2D eigenvalue weighted by molar-refractivity contribution is 7.91. The van der Waals surface area contributed by atoms with Gasteiger partial charge in [-0.2, -0.15) is 0 Å². The lowest BCUT2D eigenvalue weighted by atomic mass is 10.3. The highest BCUT2D eigenvalue weighted by atomic mass is 32.2. The van der Waals surface area contributed by atoms with Crippen molar-refractivity contribution in [2.75, 3.05) is 12.9 Å². The zero-order valence-corrected chi connectivity index (χ0v) is 11.3. The van der Waals surface area contributed by atoms with E-state index in [1.54, 1.807) is 4.89 Å². The van der Waals surface area contributed by atoms with Gasteiger partial charge in [-0.3, -0.25) is 4.84 Å². The Kier molecular flexibility index (Phi) is 4.43. The maximum absolute atomic E-state index is 13.4. The smallest absolute Gasteiger partial charge is 0.265 e. The number of hydrogen-bond acceptors (Lipinski definition) is 5. The number of sulfone groups is 1. The van der Waals surface area contributed by atoms with Crippen LogP contribution in [0, 0.1) is 5.82 Å². The molecule has 0 atom stereocenters. The number of halogens is 1. The van der Waals surface area contributed by atoms with E-state index in [4.69, 9.17) is 0 Å². The lowest BCUT2D eigenvalue weighted by Gasteiger charge is -2.08. The van der Waals surface area contributed by atoms with Crippen molar-refractivity contribution in [3.8, 4) is 0 Å². The number of nitrogens with one attached hydrogen (secondary N) is 1. The van der Waals surface area contributed by atoms with Crippen molar-refractivity contribution >= 4 is 19.9 Å². The average molecular weight is 297 g/mol. The van der Waals surface area contributed by atoms with Crippen molar-refractivity contribution in [2.24, 2.45) is 0 Å². The van der Waals surface area contributed by atoms with E-state index in [0.29, 0.717) is 0 Å². The topological polar surface area (TPSA) is 89.5 Å². The van der Waals surface area contributed by atoms with E-state index in [9.17, 15) is 21.2 Å². The maximum atomic E-state index is 13.4. The van der Waals surface area contributed by atoms with Crippen molar-refractivity contribution < 1.29 is 26.1 Å². The second-order valence-electron chi connectivity index (χ2n) is 3.38. The monoisotopic (exact) mass is 297 g/mol. The number of benzene rings is 1. The number of hydrogen-bond donors (Lipinski definition) is 1. The Bertz CT molecular complexity index is 639. The Labute approximate surface area is 105 Å². The standard InChI is InChI=1S/C9H12FNO5S2/c1-3-16-11-18(14,15)9-6-7(17(2,12)13)4-5-8(9)10/h4-6,11H,3H2,1-2H3. The Balaban J connectivity index is 3.33. The van der Waals surface area contributed by atoms with Gasteiger partial charge in [0.25, 0.3) is 10.0 Å².